The molecule has 72 valence electrons. The molecule has 1 aliphatic rings. The molecule has 0 aliphatic carbocycles. The molecular formula is C9H19NO2. The minimum Gasteiger partial charge on any atom is -0.395 e. The highest BCUT2D eigenvalue weighted by Crippen LogP contribution is 2.13. The summed E-state index contributed by atoms with van der Waals surface area (Å²) in [4.78, 5) is 0. The highest BCUT2D eigenvalue weighted by Gasteiger charge is 2.19. The summed E-state index contributed by atoms with van der Waals surface area (Å²) in [6.45, 7) is 5.15. The standard InChI is InChI=1S/C9H19NO2/c1-7(6-11)10-9-3-4-12-8(2)5-9/h7-11H,3-6H2,1-2H3/t7-,8?,9?/m1/s1. The van der Waals surface area contributed by atoms with E-state index in [0.717, 1.165) is 19.4 Å². The lowest BCUT2D eigenvalue weighted by Gasteiger charge is -2.29. The lowest BCUT2D eigenvalue weighted by molar-refractivity contribution is 0.0103. The maximum atomic E-state index is 8.84. The van der Waals surface area contributed by atoms with E-state index in [0.29, 0.717) is 12.1 Å². The third-order valence-electron chi connectivity index (χ3n) is 2.28. The number of hydrogen-bond acceptors (Lipinski definition) is 3. The van der Waals surface area contributed by atoms with E-state index in [1.165, 1.54) is 0 Å². The molecule has 0 bridgehead atoms. The summed E-state index contributed by atoms with van der Waals surface area (Å²) in [7, 11) is 0. The van der Waals surface area contributed by atoms with Gasteiger partial charge in [0.25, 0.3) is 0 Å². The lowest BCUT2D eigenvalue weighted by Crippen LogP contribution is -2.43. The van der Waals surface area contributed by atoms with E-state index < -0.39 is 0 Å². The van der Waals surface area contributed by atoms with Crippen molar-refractivity contribution in [3.8, 4) is 0 Å². The molecular weight excluding hydrogens is 154 g/mol. The number of nitrogens with one attached hydrogen (secondary N) is 1. The minimum absolute atomic E-state index is 0.209. The second kappa shape index (κ2) is 4.80. The van der Waals surface area contributed by atoms with Gasteiger partial charge in [0, 0.05) is 18.7 Å². The fraction of sp³-hybridized carbons (Fsp3) is 1.00. The van der Waals surface area contributed by atoms with E-state index in [4.69, 9.17) is 9.84 Å². The molecule has 0 saturated carbocycles. The van der Waals surface area contributed by atoms with Crippen molar-refractivity contribution in [2.45, 2.75) is 44.9 Å². The number of hydrogen-bond donors (Lipinski definition) is 2. The van der Waals surface area contributed by atoms with Gasteiger partial charge < -0.3 is 15.2 Å². The lowest BCUT2D eigenvalue weighted by atomic mass is 10.0. The molecule has 3 heteroatoms. The first-order valence-corrected chi connectivity index (χ1v) is 4.71. The van der Waals surface area contributed by atoms with Gasteiger partial charge in [-0.15, -0.1) is 0 Å². The molecule has 1 fully saturated rings. The zero-order chi connectivity index (χ0) is 8.97. The zero-order valence-electron chi connectivity index (χ0n) is 7.92. The van der Waals surface area contributed by atoms with E-state index in [1.54, 1.807) is 0 Å². The summed E-state index contributed by atoms with van der Waals surface area (Å²) in [6.07, 6.45) is 2.49. The number of ether oxygens (including phenoxy) is 1. The van der Waals surface area contributed by atoms with Crippen molar-refractivity contribution in [1.29, 1.82) is 0 Å². The summed E-state index contributed by atoms with van der Waals surface area (Å²) < 4.78 is 5.42. The summed E-state index contributed by atoms with van der Waals surface area (Å²) in [5.74, 6) is 0. The summed E-state index contributed by atoms with van der Waals surface area (Å²) in [5.41, 5.74) is 0. The molecule has 2 N–H and O–H groups in total. The first-order valence-electron chi connectivity index (χ1n) is 4.71. The highest BCUT2D eigenvalue weighted by molar-refractivity contribution is 4.76. The molecule has 0 aromatic carbocycles. The Morgan fingerprint density at radius 3 is 3.00 bits per heavy atom. The Bertz CT molecular complexity index is 130. The first-order chi connectivity index (χ1) is 5.72. The molecule has 1 saturated heterocycles. The fourth-order valence-electron chi connectivity index (χ4n) is 1.60. The molecule has 1 aliphatic heterocycles. The van der Waals surface area contributed by atoms with Crippen LogP contribution in [0.4, 0.5) is 0 Å². The quantitative estimate of drug-likeness (QED) is 0.654. The van der Waals surface area contributed by atoms with Crippen LogP contribution in [0, 0.1) is 0 Å². The Morgan fingerprint density at radius 1 is 1.67 bits per heavy atom. The smallest absolute Gasteiger partial charge is 0.0582 e. The average Bonchev–Trinajstić information content (AvgIpc) is 2.04. The zero-order valence-corrected chi connectivity index (χ0v) is 7.92. The first kappa shape index (κ1) is 9.96. The summed E-state index contributed by atoms with van der Waals surface area (Å²) >= 11 is 0. The van der Waals surface area contributed by atoms with Crippen LogP contribution in [-0.4, -0.2) is 36.5 Å². The number of aliphatic hydroxyl groups excluding tert-OH is 1. The molecule has 1 rings (SSSR count). The molecule has 12 heavy (non-hydrogen) atoms. The molecule has 0 aromatic heterocycles. The van der Waals surface area contributed by atoms with Crippen molar-refractivity contribution in [2.24, 2.45) is 0 Å². The number of aliphatic hydroxyl groups is 1. The van der Waals surface area contributed by atoms with Crippen LogP contribution in [0.1, 0.15) is 26.7 Å². The third kappa shape index (κ3) is 3.09. The topological polar surface area (TPSA) is 41.5 Å². The average molecular weight is 173 g/mol. The molecule has 0 spiro atoms. The summed E-state index contributed by atoms with van der Waals surface area (Å²) in [6, 6.07) is 0.733. The van der Waals surface area contributed by atoms with Crippen molar-refractivity contribution in [3.63, 3.8) is 0 Å². The van der Waals surface area contributed by atoms with Gasteiger partial charge in [0.05, 0.1) is 12.7 Å². The molecule has 2 unspecified atom stereocenters. The Hall–Kier alpha value is -0.120. The van der Waals surface area contributed by atoms with Crippen LogP contribution in [-0.2, 0) is 4.74 Å². The van der Waals surface area contributed by atoms with Gasteiger partial charge in [0.15, 0.2) is 0 Å². The molecule has 0 amide bonds. The van der Waals surface area contributed by atoms with Crippen molar-refractivity contribution in [1.82, 2.24) is 5.32 Å². The van der Waals surface area contributed by atoms with Gasteiger partial charge in [-0.05, 0) is 26.7 Å². The maximum Gasteiger partial charge on any atom is 0.0582 e. The molecule has 3 atom stereocenters. The SMILES string of the molecule is CC1CC(N[C@H](C)CO)CCO1. The van der Waals surface area contributed by atoms with E-state index in [2.05, 4.69) is 12.2 Å². The van der Waals surface area contributed by atoms with Gasteiger partial charge >= 0.3 is 0 Å². The van der Waals surface area contributed by atoms with Crippen LogP contribution >= 0.6 is 0 Å². The Labute approximate surface area is 74.1 Å². The largest absolute Gasteiger partial charge is 0.395 e. The van der Waals surface area contributed by atoms with Gasteiger partial charge in [0.1, 0.15) is 0 Å². The van der Waals surface area contributed by atoms with Gasteiger partial charge in [-0.25, -0.2) is 0 Å². The Morgan fingerprint density at radius 2 is 2.42 bits per heavy atom. The predicted octanol–water partition coefficient (Wildman–Crippen LogP) is 0.524. The summed E-state index contributed by atoms with van der Waals surface area (Å²) in [5, 5.41) is 12.2. The monoisotopic (exact) mass is 173 g/mol. The predicted molar refractivity (Wildman–Crippen MR) is 48.1 cm³/mol. The van der Waals surface area contributed by atoms with Crippen LogP contribution in [0.3, 0.4) is 0 Å². The second-order valence-electron chi connectivity index (χ2n) is 3.65. The Balaban J connectivity index is 2.22. The van der Waals surface area contributed by atoms with Gasteiger partial charge in [-0.1, -0.05) is 0 Å². The number of rotatable bonds is 3. The molecule has 0 radical (unpaired) electrons. The van der Waals surface area contributed by atoms with Crippen LogP contribution in [0.2, 0.25) is 0 Å². The van der Waals surface area contributed by atoms with E-state index in [9.17, 15) is 0 Å². The van der Waals surface area contributed by atoms with E-state index in [1.807, 2.05) is 6.92 Å². The van der Waals surface area contributed by atoms with E-state index in [-0.39, 0.29) is 12.6 Å². The van der Waals surface area contributed by atoms with Crippen molar-refractivity contribution < 1.29 is 9.84 Å². The fourth-order valence-corrected chi connectivity index (χ4v) is 1.60. The second-order valence-corrected chi connectivity index (χ2v) is 3.65. The highest BCUT2D eigenvalue weighted by atomic mass is 16.5. The van der Waals surface area contributed by atoms with Crippen molar-refractivity contribution in [3.05, 3.63) is 0 Å². The van der Waals surface area contributed by atoms with Gasteiger partial charge in [0.2, 0.25) is 0 Å². The normalized spacial score (nSPS) is 33.2. The van der Waals surface area contributed by atoms with E-state index >= 15 is 0 Å². The maximum absolute atomic E-state index is 8.84. The Kier molecular flexibility index (Phi) is 3.98. The van der Waals surface area contributed by atoms with Crippen LogP contribution in [0.15, 0.2) is 0 Å². The van der Waals surface area contributed by atoms with Crippen LogP contribution < -0.4 is 5.32 Å². The minimum atomic E-state index is 0.209. The van der Waals surface area contributed by atoms with Crippen LogP contribution in [0.25, 0.3) is 0 Å². The van der Waals surface area contributed by atoms with Crippen molar-refractivity contribution in [2.75, 3.05) is 13.2 Å². The van der Waals surface area contributed by atoms with Crippen LogP contribution in [0.5, 0.6) is 0 Å². The molecule has 0 aromatic rings. The van der Waals surface area contributed by atoms with Gasteiger partial charge in [-0.3, -0.25) is 0 Å². The third-order valence-corrected chi connectivity index (χ3v) is 2.28. The molecule has 1 heterocycles. The van der Waals surface area contributed by atoms with Gasteiger partial charge in [-0.2, -0.15) is 0 Å². The van der Waals surface area contributed by atoms with Crippen molar-refractivity contribution >= 4 is 0 Å². The molecule has 3 nitrogen and oxygen atoms in total.